The van der Waals surface area contributed by atoms with Gasteiger partial charge in [-0.25, -0.2) is 0 Å². The van der Waals surface area contributed by atoms with Crippen molar-refractivity contribution in [2.24, 2.45) is 0 Å². The minimum Gasteiger partial charge on any atom is -0.0654 e. The number of hydrogen-bond acceptors (Lipinski definition) is 0. The molecule has 2 rings (SSSR count). The largest absolute Gasteiger partial charge is 0.0654 e. The Labute approximate surface area is 111 Å². The van der Waals surface area contributed by atoms with Crippen molar-refractivity contribution in [1.29, 1.82) is 0 Å². The molecule has 0 heteroatoms. The summed E-state index contributed by atoms with van der Waals surface area (Å²) >= 11 is 0. The Bertz CT molecular complexity index is 439. The number of unbranched alkanes of at least 4 members (excludes halogenated alkanes) is 2. The Kier molecular flexibility index (Phi) is 5.01. The molecule has 2 aromatic carbocycles. The first-order chi connectivity index (χ1) is 8.88. The fraction of sp³-hybridized carbons (Fsp3) is 0.333. The molecule has 2 aromatic rings. The van der Waals surface area contributed by atoms with Gasteiger partial charge in [0.25, 0.3) is 0 Å². The summed E-state index contributed by atoms with van der Waals surface area (Å²) in [6.45, 7) is 2.25. The van der Waals surface area contributed by atoms with Crippen LogP contribution in [0.2, 0.25) is 0 Å². The van der Waals surface area contributed by atoms with Crippen LogP contribution in [0.4, 0.5) is 0 Å². The van der Waals surface area contributed by atoms with Crippen molar-refractivity contribution in [3.05, 3.63) is 71.3 Å². The van der Waals surface area contributed by atoms with Crippen LogP contribution in [-0.4, -0.2) is 0 Å². The van der Waals surface area contributed by atoms with E-state index >= 15 is 0 Å². The third kappa shape index (κ3) is 4.03. The molecule has 0 unspecified atom stereocenters. The Morgan fingerprint density at radius 2 is 1.28 bits per heavy atom. The topological polar surface area (TPSA) is 0 Å². The van der Waals surface area contributed by atoms with Crippen molar-refractivity contribution >= 4 is 0 Å². The molecule has 0 atom stereocenters. The van der Waals surface area contributed by atoms with Crippen molar-refractivity contribution in [3.63, 3.8) is 0 Å². The highest BCUT2D eigenvalue weighted by Crippen LogP contribution is 2.12. The van der Waals surface area contributed by atoms with Gasteiger partial charge >= 0.3 is 0 Å². The van der Waals surface area contributed by atoms with Gasteiger partial charge in [0.15, 0.2) is 0 Å². The van der Waals surface area contributed by atoms with Crippen molar-refractivity contribution in [3.8, 4) is 0 Å². The maximum absolute atomic E-state index is 2.29. The van der Waals surface area contributed by atoms with Gasteiger partial charge < -0.3 is 0 Å². The zero-order valence-corrected chi connectivity index (χ0v) is 11.2. The molecule has 0 amide bonds. The third-order valence-corrected chi connectivity index (χ3v) is 3.34. The fourth-order valence-corrected chi connectivity index (χ4v) is 2.23. The summed E-state index contributed by atoms with van der Waals surface area (Å²) < 4.78 is 0. The molecule has 0 spiro atoms. The van der Waals surface area contributed by atoms with Gasteiger partial charge in [-0.15, -0.1) is 0 Å². The van der Waals surface area contributed by atoms with Crippen LogP contribution in [0.25, 0.3) is 0 Å². The standard InChI is InChI=1S/C18H22/c1-2-3-5-8-16-11-13-18(14-12-16)15-17-9-6-4-7-10-17/h4,6-7,9-14H,2-3,5,8,15H2,1H3. The molecule has 0 nitrogen and oxygen atoms in total. The normalized spacial score (nSPS) is 10.5. The number of benzene rings is 2. The summed E-state index contributed by atoms with van der Waals surface area (Å²) in [5, 5.41) is 0. The van der Waals surface area contributed by atoms with Gasteiger partial charge in [0.05, 0.1) is 0 Å². The van der Waals surface area contributed by atoms with E-state index in [1.54, 1.807) is 0 Å². The lowest BCUT2D eigenvalue weighted by atomic mass is 10.0. The van der Waals surface area contributed by atoms with Crippen molar-refractivity contribution in [1.82, 2.24) is 0 Å². The van der Waals surface area contributed by atoms with Gasteiger partial charge in [0, 0.05) is 0 Å². The average Bonchev–Trinajstić information content (AvgIpc) is 2.42. The van der Waals surface area contributed by atoms with E-state index in [-0.39, 0.29) is 0 Å². The summed E-state index contributed by atoms with van der Waals surface area (Å²) in [6, 6.07) is 19.8. The fourth-order valence-electron chi connectivity index (χ4n) is 2.23. The molecular formula is C18H22. The maximum Gasteiger partial charge on any atom is -0.00258 e. The van der Waals surface area contributed by atoms with E-state index in [2.05, 4.69) is 61.5 Å². The molecular weight excluding hydrogens is 216 g/mol. The van der Waals surface area contributed by atoms with Crippen molar-refractivity contribution in [2.75, 3.05) is 0 Å². The summed E-state index contributed by atoms with van der Waals surface area (Å²) in [5.41, 5.74) is 4.26. The highest BCUT2D eigenvalue weighted by Gasteiger charge is 1.97. The average molecular weight is 238 g/mol. The second-order valence-corrected chi connectivity index (χ2v) is 4.94. The quantitative estimate of drug-likeness (QED) is 0.620. The van der Waals surface area contributed by atoms with Gasteiger partial charge in [-0.05, 0) is 36.0 Å². The molecule has 0 bridgehead atoms. The van der Waals surface area contributed by atoms with Crippen molar-refractivity contribution in [2.45, 2.75) is 39.0 Å². The molecule has 0 aliphatic rings. The predicted molar refractivity (Wildman–Crippen MR) is 78.9 cm³/mol. The molecule has 0 saturated heterocycles. The van der Waals surface area contributed by atoms with E-state index in [4.69, 9.17) is 0 Å². The Morgan fingerprint density at radius 3 is 1.94 bits per heavy atom. The second kappa shape index (κ2) is 7.00. The number of rotatable bonds is 6. The van der Waals surface area contributed by atoms with Gasteiger partial charge in [0.1, 0.15) is 0 Å². The minimum atomic E-state index is 1.04. The van der Waals surface area contributed by atoms with Crippen LogP contribution in [0.3, 0.4) is 0 Å². The summed E-state index contributed by atoms with van der Waals surface area (Å²) in [5.74, 6) is 0. The molecule has 0 aliphatic heterocycles. The lowest BCUT2D eigenvalue weighted by Gasteiger charge is -2.04. The molecule has 0 radical (unpaired) electrons. The van der Waals surface area contributed by atoms with Gasteiger partial charge in [-0.3, -0.25) is 0 Å². The second-order valence-electron chi connectivity index (χ2n) is 4.94. The van der Waals surface area contributed by atoms with Gasteiger partial charge in [0.2, 0.25) is 0 Å². The molecule has 18 heavy (non-hydrogen) atoms. The third-order valence-electron chi connectivity index (χ3n) is 3.34. The maximum atomic E-state index is 2.29. The van der Waals surface area contributed by atoms with Crippen molar-refractivity contribution < 1.29 is 0 Å². The van der Waals surface area contributed by atoms with Crippen LogP contribution in [0.1, 0.15) is 42.9 Å². The Balaban J connectivity index is 1.91. The number of aryl methyl sites for hydroxylation is 1. The van der Waals surface area contributed by atoms with Crippen LogP contribution >= 0.6 is 0 Å². The monoisotopic (exact) mass is 238 g/mol. The van der Waals surface area contributed by atoms with Crippen LogP contribution < -0.4 is 0 Å². The highest BCUT2D eigenvalue weighted by molar-refractivity contribution is 5.28. The lowest BCUT2D eigenvalue weighted by molar-refractivity contribution is 0.717. The van der Waals surface area contributed by atoms with Gasteiger partial charge in [-0.2, -0.15) is 0 Å². The molecule has 0 aromatic heterocycles. The van der Waals surface area contributed by atoms with Gasteiger partial charge in [-0.1, -0.05) is 74.4 Å². The van der Waals surface area contributed by atoms with E-state index in [0.29, 0.717) is 0 Å². The lowest BCUT2D eigenvalue weighted by Crippen LogP contribution is -1.90. The summed E-state index contributed by atoms with van der Waals surface area (Å²) in [6.07, 6.45) is 6.21. The molecule has 94 valence electrons. The van der Waals surface area contributed by atoms with E-state index in [9.17, 15) is 0 Å². The van der Waals surface area contributed by atoms with E-state index in [1.165, 1.54) is 42.4 Å². The summed E-state index contributed by atoms with van der Waals surface area (Å²) in [7, 11) is 0. The van der Waals surface area contributed by atoms with E-state index < -0.39 is 0 Å². The molecule has 0 N–H and O–H groups in total. The Hall–Kier alpha value is -1.56. The zero-order valence-electron chi connectivity index (χ0n) is 11.2. The van der Waals surface area contributed by atoms with Crippen LogP contribution in [0, 0.1) is 0 Å². The number of hydrogen-bond donors (Lipinski definition) is 0. The first-order valence-corrected chi connectivity index (χ1v) is 7.00. The predicted octanol–water partition coefficient (Wildman–Crippen LogP) is 5.01. The van der Waals surface area contributed by atoms with Crippen LogP contribution in [-0.2, 0) is 12.8 Å². The summed E-state index contributed by atoms with van der Waals surface area (Å²) in [4.78, 5) is 0. The smallest absolute Gasteiger partial charge is 0.00258 e. The molecule has 0 saturated carbocycles. The zero-order chi connectivity index (χ0) is 12.6. The van der Waals surface area contributed by atoms with Crippen LogP contribution in [0.15, 0.2) is 54.6 Å². The first kappa shape index (κ1) is 12.9. The molecule has 0 heterocycles. The van der Waals surface area contributed by atoms with E-state index in [1.807, 2.05) is 0 Å². The van der Waals surface area contributed by atoms with Crippen LogP contribution in [0.5, 0.6) is 0 Å². The first-order valence-electron chi connectivity index (χ1n) is 7.00. The highest BCUT2D eigenvalue weighted by atomic mass is 14.0. The minimum absolute atomic E-state index is 1.04. The Morgan fingerprint density at radius 1 is 0.667 bits per heavy atom. The molecule has 0 aliphatic carbocycles. The SMILES string of the molecule is CCCCCc1ccc(Cc2ccccc2)cc1. The molecule has 0 fully saturated rings. The van der Waals surface area contributed by atoms with E-state index in [0.717, 1.165) is 6.42 Å².